The second kappa shape index (κ2) is 5.60. The van der Waals surface area contributed by atoms with E-state index in [0.29, 0.717) is 18.7 Å². The molecule has 1 aromatic rings. The average Bonchev–Trinajstić information content (AvgIpc) is 2.79. The lowest BCUT2D eigenvalue weighted by Crippen LogP contribution is -2.41. The maximum Gasteiger partial charge on any atom is 0.314 e. The van der Waals surface area contributed by atoms with E-state index in [1.54, 1.807) is 25.1 Å². The number of nitrogens with one attached hydrogen (secondary N) is 2. The number of nitrogens with zero attached hydrogens (tertiary/aromatic N) is 1. The molecule has 1 saturated heterocycles. The third-order valence-corrected chi connectivity index (χ3v) is 3.05. The van der Waals surface area contributed by atoms with E-state index in [0.717, 1.165) is 5.69 Å². The minimum absolute atomic E-state index is 0.00495. The van der Waals surface area contributed by atoms with Crippen LogP contribution in [0.15, 0.2) is 24.3 Å². The molecule has 0 unspecified atom stereocenters. The molecule has 6 heteroatoms. The minimum Gasteiger partial charge on any atom is -0.497 e. The van der Waals surface area contributed by atoms with Crippen molar-refractivity contribution < 1.29 is 14.3 Å². The zero-order valence-electron chi connectivity index (χ0n) is 11.0. The van der Waals surface area contributed by atoms with Crippen LogP contribution in [0.4, 0.5) is 10.5 Å². The molecule has 0 spiro atoms. The Kier molecular flexibility index (Phi) is 3.89. The van der Waals surface area contributed by atoms with E-state index >= 15 is 0 Å². The van der Waals surface area contributed by atoms with Gasteiger partial charge in [0.2, 0.25) is 5.91 Å². The first-order valence-electron chi connectivity index (χ1n) is 6.06. The lowest BCUT2D eigenvalue weighted by molar-refractivity contribution is -0.117. The van der Waals surface area contributed by atoms with Crippen molar-refractivity contribution in [1.82, 2.24) is 10.6 Å². The summed E-state index contributed by atoms with van der Waals surface area (Å²) in [7, 11) is 3.13. The Bertz CT molecular complexity index is 490. The van der Waals surface area contributed by atoms with Gasteiger partial charge in [-0.15, -0.1) is 0 Å². The van der Waals surface area contributed by atoms with E-state index in [1.165, 1.54) is 0 Å². The number of amides is 3. The molecule has 1 heterocycles. The molecule has 19 heavy (non-hydrogen) atoms. The van der Waals surface area contributed by atoms with E-state index in [9.17, 15) is 9.59 Å². The van der Waals surface area contributed by atoms with Crippen LogP contribution in [0.3, 0.4) is 0 Å². The normalized spacial score (nSPS) is 18.3. The number of anilines is 1. The fourth-order valence-electron chi connectivity index (χ4n) is 2.09. The zero-order chi connectivity index (χ0) is 13.8. The number of urea groups is 1. The maximum absolute atomic E-state index is 12.0. The molecule has 0 bridgehead atoms. The maximum atomic E-state index is 12.0. The highest BCUT2D eigenvalue weighted by molar-refractivity contribution is 5.97. The van der Waals surface area contributed by atoms with Gasteiger partial charge in [-0.05, 0) is 12.1 Å². The molecule has 102 valence electrons. The molecule has 1 aromatic carbocycles. The van der Waals surface area contributed by atoms with Crippen LogP contribution in [0.1, 0.15) is 6.42 Å². The summed E-state index contributed by atoms with van der Waals surface area (Å²) in [5, 5.41) is 5.22. The van der Waals surface area contributed by atoms with Crippen molar-refractivity contribution in [3.8, 4) is 5.75 Å². The fourth-order valence-corrected chi connectivity index (χ4v) is 2.09. The Balaban J connectivity index is 2.08. The fraction of sp³-hybridized carbons (Fsp3) is 0.385. The zero-order valence-corrected chi connectivity index (χ0v) is 11.0. The van der Waals surface area contributed by atoms with Crippen LogP contribution in [0, 0.1) is 0 Å². The van der Waals surface area contributed by atoms with E-state index < -0.39 is 0 Å². The van der Waals surface area contributed by atoms with Crippen LogP contribution < -0.4 is 20.3 Å². The molecular weight excluding hydrogens is 246 g/mol. The van der Waals surface area contributed by atoms with E-state index in [4.69, 9.17) is 4.74 Å². The van der Waals surface area contributed by atoms with Gasteiger partial charge in [0.05, 0.1) is 13.2 Å². The molecule has 2 N–H and O–H groups in total. The van der Waals surface area contributed by atoms with Gasteiger partial charge in [-0.2, -0.15) is 0 Å². The first-order chi connectivity index (χ1) is 9.13. The number of hydrogen-bond acceptors (Lipinski definition) is 3. The standard InChI is InChI=1S/C13H17N3O3/c1-14-13(18)15-9-6-12(17)16(8-9)10-4-3-5-11(7-10)19-2/h3-5,7,9H,6,8H2,1-2H3,(H2,14,15,18)/t9-/m1/s1. The number of carbonyl (C=O) groups is 2. The van der Waals surface area contributed by atoms with Gasteiger partial charge in [-0.3, -0.25) is 4.79 Å². The molecule has 3 amide bonds. The Hall–Kier alpha value is -2.24. The van der Waals surface area contributed by atoms with Crippen molar-refractivity contribution in [2.24, 2.45) is 0 Å². The Morgan fingerprint density at radius 1 is 1.47 bits per heavy atom. The number of rotatable bonds is 3. The second-order valence-corrected chi connectivity index (χ2v) is 4.33. The summed E-state index contributed by atoms with van der Waals surface area (Å²) in [6.45, 7) is 0.472. The Morgan fingerprint density at radius 3 is 2.95 bits per heavy atom. The number of methoxy groups -OCH3 is 1. The molecule has 1 aliphatic rings. The number of carbonyl (C=O) groups excluding carboxylic acids is 2. The van der Waals surface area contributed by atoms with Crippen molar-refractivity contribution in [1.29, 1.82) is 0 Å². The molecular formula is C13H17N3O3. The lowest BCUT2D eigenvalue weighted by atomic mass is 10.2. The van der Waals surface area contributed by atoms with E-state index in [1.807, 2.05) is 18.2 Å². The molecule has 1 aliphatic heterocycles. The SMILES string of the molecule is CNC(=O)N[C@@H]1CC(=O)N(c2cccc(OC)c2)C1. The summed E-state index contributed by atoms with van der Waals surface area (Å²) in [5.74, 6) is 0.697. The number of hydrogen-bond donors (Lipinski definition) is 2. The van der Waals surface area contributed by atoms with Crippen LogP contribution >= 0.6 is 0 Å². The van der Waals surface area contributed by atoms with Crippen molar-refractivity contribution in [3.63, 3.8) is 0 Å². The smallest absolute Gasteiger partial charge is 0.314 e. The van der Waals surface area contributed by atoms with Gasteiger partial charge in [0.1, 0.15) is 5.75 Å². The number of ether oxygens (including phenoxy) is 1. The first-order valence-corrected chi connectivity index (χ1v) is 6.06. The van der Waals surface area contributed by atoms with Crippen LogP contribution in [0.5, 0.6) is 5.75 Å². The molecule has 0 aliphatic carbocycles. The monoisotopic (exact) mass is 263 g/mol. The van der Waals surface area contributed by atoms with Crippen molar-refractivity contribution >= 4 is 17.6 Å². The molecule has 0 radical (unpaired) electrons. The molecule has 6 nitrogen and oxygen atoms in total. The van der Waals surface area contributed by atoms with Crippen molar-refractivity contribution in [3.05, 3.63) is 24.3 Å². The average molecular weight is 263 g/mol. The van der Waals surface area contributed by atoms with Crippen molar-refractivity contribution in [2.75, 3.05) is 25.6 Å². The molecule has 0 saturated carbocycles. The summed E-state index contributed by atoms with van der Waals surface area (Å²) in [5.41, 5.74) is 0.783. The summed E-state index contributed by atoms with van der Waals surface area (Å²) in [4.78, 5) is 24.9. The Morgan fingerprint density at radius 2 is 2.26 bits per heavy atom. The van der Waals surface area contributed by atoms with Gasteiger partial charge >= 0.3 is 6.03 Å². The summed E-state index contributed by atoms with van der Waals surface area (Å²) < 4.78 is 5.14. The third kappa shape index (κ3) is 2.96. The van der Waals surface area contributed by atoms with Crippen LogP contribution in [0.25, 0.3) is 0 Å². The highest BCUT2D eigenvalue weighted by atomic mass is 16.5. The van der Waals surface area contributed by atoms with Gasteiger partial charge in [0.25, 0.3) is 0 Å². The molecule has 0 aromatic heterocycles. The van der Waals surface area contributed by atoms with Gasteiger partial charge in [0.15, 0.2) is 0 Å². The first kappa shape index (κ1) is 13.2. The summed E-state index contributed by atoms with van der Waals surface area (Å²) in [6, 6.07) is 6.87. The topological polar surface area (TPSA) is 70.7 Å². The van der Waals surface area contributed by atoms with Crippen LogP contribution in [-0.2, 0) is 4.79 Å². The summed E-state index contributed by atoms with van der Waals surface area (Å²) in [6.07, 6.45) is 0.310. The Labute approximate surface area is 111 Å². The van der Waals surface area contributed by atoms with E-state index in [-0.39, 0.29) is 18.0 Å². The van der Waals surface area contributed by atoms with Gasteiger partial charge in [0, 0.05) is 31.8 Å². The highest BCUT2D eigenvalue weighted by Crippen LogP contribution is 2.25. The summed E-state index contributed by atoms with van der Waals surface area (Å²) >= 11 is 0. The van der Waals surface area contributed by atoms with Crippen LogP contribution in [0.2, 0.25) is 0 Å². The predicted molar refractivity (Wildman–Crippen MR) is 71.3 cm³/mol. The molecule has 1 fully saturated rings. The molecule has 1 atom stereocenters. The van der Waals surface area contributed by atoms with Crippen LogP contribution in [-0.4, -0.2) is 38.7 Å². The quantitative estimate of drug-likeness (QED) is 0.844. The molecule has 2 rings (SSSR count). The predicted octanol–water partition coefficient (Wildman–Crippen LogP) is 0.729. The largest absolute Gasteiger partial charge is 0.497 e. The van der Waals surface area contributed by atoms with E-state index in [2.05, 4.69) is 10.6 Å². The van der Waals surface area contributed by atoms with Gasteiger partial charge < -0.3 is 20.3 Å². The third-order valence-electron chi connectivity index (χ3n) is 3.05. The van der Waals surface area contributed by atoms with Gasteiger partial charge in [-0.1, -0.05) is 6.07 Å². The van der Waals surface area contributed by atoms with Crippen molar-refractivity contribution in [2.45, 2.75) is 12.5 Å². The minimum atomic E-state index is -0.273. The second-order valence-electron chi connectivity index (χ2n) is 4.33. The number of benzene rings is 1. The highest BCUT2D eigenvalue weighted by Gasteiger charge is 2.31. The lowest BCUT2D eigenvalue weighted by Gasteiger charge is -2.17. The van der Waals surface area contributed by atoms with Gasteiger partial charge in [-0.25, -0.2) is 4.79 Å².